The molecule has 1 aliphatic carbocycles. The van der Waals surface area contributed by atoms with Gasteiger partial charge in [-0.3, -0.25) is 0 Å². The molecule has 0 radical (unpaired) electrons. The Morgan fingerprint density at radius 3 is 2.55 bits per heavy atom. The molecule has 1 unspecified atom stereocenters. The smallest absolute Gasteiger partial charge is 0.0170 e. The van der Waals surface area contributed by atoms with Crippen LogP contribution in [-0.4, -0.2) is 0 Å². The van der Waals surface area contributed by atoms with Gasteiger partial charge in [0.05, 0.1) is 0 Å². The van der Waals surface area contributed by atoms with Gasteiger partial charge in [0.1, 0.15) is 0 Å². The number of hydrogen-bond acceptors (Lipinski definition) is 0. The number of unbranched alkanes of at least 4 members (excludes halogenated alkanes) is 1. The van der Waals surface area contributed by atoms with Crippen molar-refractivity contribution >= 4 is 0 Å². The van der Waals surface area contributed by atoms with Crippen molar-refractivity contribution in [3.63, 3.8) is 0 Å². The second kappa shape index (κ2) is 4.38. The zero-order chi connectivity index (χ0) is 8.10. The Balaban J connectivity index is 2.09. The Hall–Kier alpha value is -0.520. The zero-order valence-corrected chi connectivity index (χ0v) is 7.42. The summed E-state index contributed by atoms with van der Waals surface area (Å²) in [5, 5.41) is 0. The largest absolute Gasteiger partial charge is 0.103 e. The highest BCUT2D eigenvalue weighted by atomic mass is 14.3. The first kappa shape index (κ1) is 8.58. The van der Waals surface area contributed by atoms with E-state index in [0.717, 1.165) is 11.8 Å². The van der Waals surface area contributed by atoms with Crippen molar-refractivity contribution < 1.29 is 0 Å². The fourth-order valence-electron chi connectivity index (χ4n) is 1.67. The highest BCUT2D eigenvalue weighted by molar-refractivity contribution is 5.08. The van der Waals surface area contributed by atoms with Gasteiger partial charge in [-0.15, -0.1) is 6.58 Å². The lowest BCUT2D eigenvalue weighted by Gasteiger charge is -2.28. The van der Waals surface area contributed by atoms with Crippen molar-refractivity contribution in [1.29, 1.82) is 0 Å². The fourth-order valence-corrected chi connectivity index (χ4v) is 1.67. The van der Waals surface area contributed by atoms with E-state index in [-0.39, 0.29) is 0 Å². The maximum Gasteiger partial charge on any atom is -0.0170 e. The van der Waals surface area contributed by atoms with Crippen LogP contribution in [0.15, 0.2) is 24.8 Å². The van der Waals surface area contributed by atoms with Gasteiger partial charge >= 0.3 is 0 Å². The maximum atomic E-state index is 3.72. The van der Waals surface area contributed by atoms with Crippen molar-refractivity contribution in [1.82, 2.24) is 0 Å². The molecule has 0 heterocycles. The lowest BCUT2D eigenvalue weighted by Crippen LogP contribution is -2.17. The van der Waals surface area contributed by atoms with Gasteiger partial charge in [-0.25, -0.2) is 0 Å². The van der Waals surface area contributed by atoms with Gasteiger partial charge in [-0.1, -0.05) is 25.2 Å². The van der Waals surface area contributed by atoms with E-state index >= 15 is 0 Å². The molecule has 0 nitrogen and oxygen atoms in total. The van der Waals surface area contributed by atoms with Gasteiger partial charge in [-0.2, -0.15) is 0 Å². The van der Waals surface area contributed by atoms with Crippen molar-refractivity contribution in [2.45, 2.75) is 32.6 Å². The van der Waals surface area contributed by atoms with E-state index < -0.39 is 0 Å². The van der Waals surface area contributed by atoms with E-state index in [9.17, 15) is 0 Å². The van der Waals surface area contributed by atoms with Gasteiger partial charge in [-0.05, 0) is 37.5 Å². The summed E-state index contributed by atoms with van der Waals surface area (Å²) in [4.78, 5) is 0. The first-order valence-corrected chi connectivity index (χ1v) is 4.67. The van der Waals surface area contributed by atoms with Crippen LogP contribution >= 0.6 is 0 Å². The lowest BCUT2D eigenvalue weighted by molar-refractivity contribution is 0.381. The SMILES string of the molecule is C=CCCCC1C=C[C@@H]1CC. The van der Waals surface area contributed by atoms with E-state index in [1.165, 1.54) is 25.7 Å². The molecular formula is C11H18. The third-order valence-corrected chi connectivity index (χ3v) is 2.57. The third kappa shape index (κ3) is 2.21. The van der Waals surface area contributed by atoms with Crippen LogP contribution in [0.4, 0.5) is 0 Å². The number of hydrogen-bond donors (Lipinski definition) is 0. The lowest BCUT2D eigenvalue weighted by atomic mass is 9.77. The topological polar surface area (TPSA) is 0 Å². The van der Waals surface area contributed by atoms with Gasteiger partial charge in [0, 0.05) is 0 Å². The van der Waals surface area contributed by atoms with E-state index in [0.29, 0.717) is 0 Å². The molecule has 0 saturated heterocycles. The predicted molar refractivity (Wildman–Crippen MR) is 50.5 cm³/mol. The summed E-state index contributed by atoms with van der Waals surface area (Å²) in [6, 6.07) is 0. The van der Waals surface area contributed by atoms with Crippen LogP contribution in [0.5, 0.6) is 0 Å². The summed E-state index contributed by atoms with van der Waals surface area (Å²) in [5.41, 5.74) is 0. The average molecular weight is 150 g/mol. The fraction of sp³-hybridized carbons (Fsp3) is 0.636. The third-order valence-electron chi connectivity index (χ3n) is 2.57. The Kier molecular flexibility index (Phi) is 3.41. The van der Waals surface area contributed by atoms with Gasteiger partial charge in [0.25, 0.3) is 0 Å². The molecule has 0 aromatic rings. The summed E-state index contributed by atoms with van der Waals surface area (Å²) in [5.74, 6) is 1.78. The molecule has 11 heavy (non-hydrogen) atoms. The van der Waals surface area contributed by atoms with E-state index in [1.54, 1.807) is 0 Å². The standard InChI is InChI=1S/C11H18/c1-3-5-6-7-11-9-8-10(11)4-2/h3,8-11H,1,4-7H2,2H3/t10-,11?/m0/s1. The second-order valence-corrected chi connectivity index (χ2v) is 3.34. The molecule has 0 bridgehead atoms. The normalized spacial score (nSPS) is 28.1. The van der Waals surface area contributed by atoms with Gasteiger partial charge < -0.3 is 0 Å². The van der Waals surface area contributed by atoms with Gasteiger partial charge in [0.2, 0.25) is 0 Å². The van der Waals surface area contributed by atoms with Crippen LogP contribution in [-0.2, 0) is 0 Å². The molecule has 0 aliphatic heterocycles. The monoisotopic (exact) mass is 150 g/mol. The predicted octanol–water partition coefficient (Wildman–Crippen LogP) is 3.55. The Labute approximate surface area is 70.0 Å². The molecule has 0 spiro atoms. The first-order valence-electron chi connectivity index (χ1n) is 4.67. The summed E-state index contributed by atoms with van der Waals surface area (Å²) >= 11 is 0. The van der Waals surface area contributed by atoms with Gasteiger partial charge in [0.15, 0.2) is 0 Å². The number of allylic oxidation sites excluding steroid dienone is 3. The first-order chi connectivity index (χ1) is 5.38. The zero-order valence-electron chi connectivity index (χ0n) is 7.42. The quantitative estimate of drug-likeness (QED) is 0.415. The second-order valence-electron chi connectivity index (χ2n) is 3.34. The Bertz CT molecular complexity index is 144. The van der Waals surface area contributed by atoms with Crippen molar-refractivity contribution in [3.05, 3.63) is 24.8 Å². The molecule has 0 fully saturated rings. The summed E-state index contributed by atoms with van der Waals surface area (Å²) in [7, 11) is 0. The summed E-state index contributed by atoms with van der Waals surface area (Å²) < 4.78 is 0. The van der Waals surface area contributed by atoms with E-state index in [1.807, 2.05) is 6.08 Å². The molecule has 1 aliphatic rings. The Morgan fingerprint density at radius 1 is 1.36 bits per heavy atom. The van der Waals surface area contributed by atoms with E-state index in [4.69, 9.17) is 0 Å². The minimum Gasteiger partial charge on any atom is -0.103 e. The molecule has 0 N–H and O–H groups in total. The molecular weight excluding hydrogens is 132 g/mol. The molecule has 0 saturated carbocycles. The minimum atomic E-state index is 0.889. The molecule has 62 valence electrons. The molecule has 0 aromatic carbocycles. The van der Waals surface area contributed by atoms with E-state index in [2.05, 4.69) is 25.7 Å². The van der Waals surface area contributed by atoms with Crippen LogP contribution in [0.3, 0.4) is 0 Å². The van der Waals surface area contributed by atoms with Crippen molar-refractivity contribution in [2.75, 3.05) is 0 Å². The highest BCUT2D eigenvalue weighted by Gasteiger charge is 2.20. The van der Waals surface area contributed by atoms with Crippen molar-refractivity contribution in [2.24, 2.45) is 11.8 Å². The maximum absolute atomic E-state index is 3.72. The highest BCUT2D eigenvalue weighted by Crippen LogP contribution is 2.32. The van der Waals surface area contributed by atoms with Crippen LogP contribution in [0, 0.1) is 11.8 Å². The molecule has 2 atom stereocenters. The minimum absolute atomic E-state index is 0.889. The van der Waals surface area contributed by atoms with Crippen LogP contribution in [0.2, 0.25) is 0 Å². The summed E-state index contributed by atoms with van der Waals surface area (Å²) in [6.45, 7) is 6.00. The Morgan fingerprint density at radius 2 is 2.09 bits per heavy atom. The molecule has 0 aromatic heterocycles. The molecule has 0 heteroatoms. The van der Waals surface area contributed by atoms with Crippen LogP contribution in [0.1, 0.15) is 32.6 Å². The average Bonchev–Trinajstić information content (AvgIpc) is 1.97. The van der Waals surface area contributed by atoms with Crippen LogP contribution in [0.25, 0.3) is 0 Å². The van der Waals surface area contributed by atoms with Crippen molar-refractivity contribution in [3.8, 4) is 0 Å². The number of rotatable bonds is 5. The molecule has 0 amide bonds. The summed E-state index contributed by atoms with van der Waals surface area (Å²) in [6.07, 6.45) is 11.9. The van der Waals surface area contributed by atoms with Crippen LogP contribution < -0.4 is 0 Å². The molecule has 1 rings (SSSR count).